The van der Waals surface area contributed by atoms with Crippen LogP contribution in [0, 0.1) is 0 Å². The van der Waals surface area contributed by atoms with E-state index >= 15 is 0 Å². The van der Waals surface area contributed by atoms with Crippen LogP contribution in [0.3, 0.4) is 0 Å². The van der Waals surface area contributed by atoms with E-state index in [1.165, 1.54) is 29.3 Å². The first-order valence-electron chi connectivity index (χ1n) is 5.74. The summed E-state index contributed by atoms with van der Waals surface area (Å²) in [5.41, 5.74) is 5.86. The Labute approximate surface area is 113 Å². The molecule has 0 unspecified atom stereocenters. The second kappa shape index (κ2) is 5.39. The average Bonchev–Trinajstić information content (AvgIpc) is 2.88. The third-order valence-corrected chi connectivity index (χ3v) is 2.51. The van der Waals surface area contributed by atoms with Crippen molar-refractivity contribution in [3.63, 3.8) is 0 Å². The Kier molecular flexibility index (Phi) is 3.65. The molecule has 2 heterocycles. The molecule has 0 atom stereocenters. The summed E-state index contributed by atoms with van der Waals surface area (Å²) >= 11 is 0. The standard InChI is InChI=1S/C12H12N4O4/c1-2-20-12(19)7-5-15-16(6-7)10-9(13)8(11(17)18)3-4-14-10/h3-6H,2,13H2,1H3,(H,17,18). The number of carbonyl (C=O) groups is 2. The van der Waals surface area contributed by atoms with E-state index in [4.69, 9.17) is 15.6 Å². The van der Waals surface area contributed by atoms with Gasteiger partial charge in [-0.25, -0.2) is 19.3 Å². The Bertz CT molecular complexity index is 665. The number of rotatable bonds is 4. The molecule has 104 valence electrons. The van der Waals surface area contributed by atoms with Crippen LogP contribution in [0.2, 0.25) is 0 Å². The van der Waals surface area contributed by atoms with Gasteiger partial charge in [0.15, 0.2) is 5.82 Å². The third-order valence-electron chi connectivity index (χ3n) is 2.51. The summed E-state index contributed by atoms with van der Waals surface area (Å²) in [7, 11) is 0. The molecule has 20 heavy (non-hydrogen) atoms. The number of hydrogen-bond acceptors (Lipinski definition) is 6. The highest BCUT2D eigenvalue weighted by Crippen LogP contribution is 2.19. The summed E-state index contributed by atoms with van der Waals surface area (Å²) in [6.07, 6.45) is 3.98. The summed E-state index contributed by atoms with van der Waals surface area (Å²) in [5.74, 6) is -1.55. The molecule has 2 rings (SSSR count). The maximum Gasteiger partial charge on any atom is 0.341 e. The second-order valence-electron chi connectivity index (χ2n) is 3.79. The minimum absolute atomic E-state index is 0.0292. The van der Waals surface area contributed by atoms with Gasteiger partial charge in [0.1, 0.15) is 0 Å². The normalized spacial score (nSPS) is 10.2. The molecule has 0 bridgehead atoms. The van der Waals surface area contributed by atoms with Gasteiger partial charge >= 0.3 is 11.9 Å². The number of esters is 1. The van der Waals surface area contributed by atoms with Crippen LogP contribution in [0.15, 0.2) is 24.7 Å². The number of nitrogens with two attached hydrogens (primary N) is 1. The van der Waals surface area contributed by atoms with Gasteiger partial charge in [-0.1, -0.05) is 0 Å². The molecule has 0 aliphatic rings. The van der Waals surface area contributed by atoms with Crippen LogP contribution in [-0.2, 0) is 4.74 Å². The summed E-state index contributed by atoms with van der Waals surface area (Å²) in [6, 6.07) is 1.29. The van der Waals surface area contributed by atoms with Crippen molar-refractivity contribution in [3.8, 4) is 5.82 Å². The molecule has 0 aliphatic heterocycles. The Balaban J connectivity index is 2.40. The molecular weight excluding hydrogens is 264 g/mol. The molecule has 0 fully saturated rings. The van der Waals surface area contributed by atoms with Crippen molar-refractivity contribution >= 4 is 17.6 Å². The maximum atomic E-state index is 11.5. The van der Waals surface area contributed by atoms with Gasteiger partial charge in [0.05, 0.1) is 29.6 Å². The van der Waals surface area contributed by atoms with E-state index in [0.717, 1.165) is 0 Å². The van der Waals surface area contributed by atoms with Crippen LogP contribution in [0.4, 0.5) is 5.69 Å². The van der Waals surface area contributed by atoms with E-state index in [2.05, 4.69) is 10.1 Å². The highest BCUT2D eigenvalue weighted by Gasteiger charge is 2.16. The second-order valence-corrected chi connectivity index (χ2v) is 3.79. The zero-order chi connectivity index (χ0) is 14.7. The van der Waals surface area contributed by atoms with Gasteiger partial charge in [0.25, 0.3) is 0 Å². The molecule has 8 heteroatoms. The Hall–Kier alpha value is -2.90. The predicted octanol–water partition coefficient (Wildman–Crippen LogP) is 0.724. The minimum Gasteiger partial charge on any atom is -0.478 e. The van der Waals surface area contributed by atoms with Crippen molar-refractivity contribution in [3.05, 3.63) is 35.8 Å². The number of pyridine rings is 1. The first-order valence-corrected chi connectivity index (χ1v) is 5.74. The smallest absolute Gasteiger partial charge is 0.341 e. The summed E-state index contributed by atoms with van der Waals surface area (Å²) in [4.78, 5) is 26.5. The molecule has 0 saturated heterocycles. The average molecular weight is 276 g/mol. The Morgan fingerprint density at radius 3 is 2.90 bits per heavy atom. The van der Waals surface area contributed by atoms with Gasteiger partial charge in [0.2, 0.25) is 0 Å². The van der Waals surface area contributed by atoms with Crippen molar-refractivity contribution in [1.29, 1.82) is 0 Å². The van der Waals surface area contributed by atoms with Crippen molar-refractivity contribution < 1.29 is 19.4 Å². The fraction of sp³-hybridized carbons (Fsp3) is 0.167. The maximum absolute atomic E-state index is 11.5. The molecular formula is C12H12N4O4. The predicted molar refractivity (Wildman–Crippen MR) is 68.7 cm³/mol. The monoisotopic (exact) mass is 276 g/mol. The largest absolute Gasteiger partial charge is 0.478 e. The summed E-state index contributed by atoms with van der Waals surface area (Å²) < 4.78 is 6.06. The van der Waals surface area contributed by atoms with E-state index in [1.54, 1.807) is 6.92 Å². The number of ether oxygens (including phenoxy) is 1. The lowest BCUT2D eigenvalue weighted by Crippen LogP contribution is -2.09. The topological polar surface area (TPSA) is 120 Å². The number of aromatic carboxylic acids is 1. The van der Waals surface area contributed by atoms with Crippen LogP contribution < -0.4 is 5.73 Å². The zero-order valence-electron chi connectivity index (χ0n) is 10.6. The van der Waals surface area contributed by atoms with E-state index in [-0.39, 0.29) is 29.2 Å². The Morgan fingerprint density at radius 2 is 2.25 bits per heavy atom. The lowest BCUT2D eigenvalue weighted by atomic mass is 10.2. The van der Waals surface area contributed by atoms with Crippen LogP contribution >= 0.6 is 0 Å². The number of nitrogen functional groups attached to an aromatic ring is 1. The molecule has 2 aromatic rings. The third kappa shape index (κ3) is 2.44. The fourth-order valence-electron chi connectivity index (χ4n) is 1.59. The van der Waals surface area contributed by atoms with E-state index in [1.807, 2.05) is 0 Å². The minimum atomic E-state index is -1.16. The van der Waals surface area contributed by atoms with Gasteiger partial charge in [-0.3, -0.25) is 0 Å². The lowest BCUT2D eigenvalue weighted by molar-refractivity contribution is 0.0525. The SMILES string of the molecule is CCOC(=O)c1cnn(-c2nccc(C(=O)O)c2N)c1. The van der Waals surface area contributed by atoms with E-state index in [9.17, 15) is 9.59 Å². The van der Waals surface area contributed by atoms with Crippen LogP contribution in [0.25, 0.3) is 5.82 Å². The van der Waals surface area contributed by atoms with Gasteiger partial charge in [-0.2, -0.15) is 5.10 Å². The highest BCUT2D eigenvalue weighted by molar-refractivity contribution is 5.95. The lowest BCUT2D eigenvalue weighted by Gasteiger charge is -2.06. The molecule has 0 radical (unpaired) electrons. The fourth-order valence-corrected chi connectivity index (χ4v) is 1.59. The van der Waals surface area contributed by atoms with Crippen molar-refractivity contribution in [2.75, 3.05) is 12.3 Å². The molecule has 3 N–H and O–H groups in total. The van der Waals surface area contributed by atoms with Crippen LogP contribution in [0.1, 0.15) is 27.6 Å². The summed E-state index contributed by atoms with van der Waals surface area (Å²) in [5, 5.41) is 12.9. The molecule has 0 aromatic carbocycles. The number of aromatic nitrogens is 3. The van der Waals surface area contributed by atoms with Crippen LogP contribution in [-0.4, -0.2) is 38.4 Å². The number of carbonyl (C=O) groups excluding carboxylic acids is 1. The first-order chi connectivity index (χ1) is 9.54. The molecule has 2 aromatic heterocycles. The van der Waals surface area contributed by atoms with Crippen LogP contribution in [0.5, 0.6) is 0 Å². The first kappa shape index (κ1) is 13.5. The number of nitrogens with zero attached hydrogens (tertiary/aromatic N) is 3. The van der Waals surface area contributed by atoms with Gasteiger partial charge in [-0.05, 0) is 13.0 Å². The molecule has 8 nitrogen and oxygen atoms in total. The van der Waals surface area contributed by atoms with Crippen molar-refractivity contribution in [1.82, 2.24) is 14.8 Å². The van der Waals surface area contributed by atoms with Gasteiger partial charge < -0.3 is 15.6 Å². The molecule has 0 saturated carbocycles. The summed E-state index contributed by atoms with van der Waals surface area (Å²) in [6.45, 7) is 1.94. The molecule has 0 spiro atoms. The quantitative estimate of drug-likeness (QED) is 0.789. The molecule has 0 amide bonds. The number of carboxylic acids is 1. The number of carboxylic acid groups (broad SMARTS) is 1. The zero-order valence-corrected chi connectivity index (χ0v) is 10.6. The van der Waals surface area contributed by atoms with E-state index in [0.29, 0.717) is 0 Å². The Morgan fingerprint density at radius 1 is 1.50 bits per heavy atom. The van der Waals surface area contributed by atoms with Crippen molar-refractivity contribution in [2.24, 2.45) is 0 Å². The highest BCUT2D eigenvalue weighted by atomic mass is 16.5. The molecule has 0 aliphatic carbocycles. The van der Waals surface area contributed by atoms with Gasteiger partial charge in [0, 0.05) is 12.4 Å². The van der Waals surface area contributed by atoms with Gasteiger partial charge in [-0.15, -0.1) is 0 Å². The van der Waals surface area contributed by atoms with Crippen molar-refractivity contribution in [2.45, 2.75) is 6.92 Å². The number of hydrogen-bond donors (Lipinski definition) is 2. The van der Waals surface area contributed by atoms with E-state index < -0.39 is 11.9 Å². The number of anilines is 1.